The van der Waals surface area contributed by atoms with Crippen LogP contribution in [0.1, 0.15) is 38.2 Å². The van der Waals surface area contributed by atoms with Gasteiger partial charge in [0, 0.05) is 18.7 Å². The van der Waals surface area contributed by atoms with Crippen LogP contribution in [0.3, 0.4) is 0 Å². The molecule has 1 aromatic carbocycles. The third-order valence-corrected chi connectivity index (χ3v) is 4.16. The minimum absolute atomic E-state index is 0.181. The Hall–Kier alpha value is -1.35. The molecule has 0 aromatic heterocycles. The van der Waals surface area contributed by atoms with E-state index in [4.69, 9.17) is 0 Å². The predicted molar refractivity (Wildman–Crippen MR) is 84.1 cm³/mol. The highest BCUT2D eigenvalue weighted by Gasteiger charge is 2.24. The van der Waals surface area contributed by atoms with E-state index < -0.39 is 0 Å². The molecule has 3 nitrogen and oxygen atoms in total. The Morgan fingerprint density at radius 3 is 2.50 bits per heavy atom. The Kier molecular flexibility index (Phi) is 5.60. The molecular weight excluding hydrogens is 248 g/mol. The van der Waals surface area contributed by atoms with Gasteiger partial charge in [-0.25, -0.2) is 0 Å². The second kappa shape index (κ2) is 7.44. The smallest absolute Gasteiger partial charge is 0.229 e. The van der Waals surface area contributed by atoms with Crippen LogP contribution in [0.4, 0.5) is 5.69 Å². The van der Waals surface area contributed by atoms with Gasteiger partial charge in [-0.3, -0.25) is 4.79 Å². The van der Waals surface area contributed by atoms with Crippen LogP contribution in [0.2, 0.25) is 0 Å². The fraction of sp³-hybridized carbons (Fsp3) is 0.588. The Bertz CT molecular complexity index is 421. The van der Waals surface area contributed by atoms with E-state index in [1.54, 1.807) is 0 Å². The van der Waals surface area contributed by atoms with Crippen LogP contribution < -0.4 is 10.2 Å². The van der Waals surface area contributed by atoms with E-state index in [2.05, 4.69) is 36.5 Å². The molecule has 0 aliphatic carbocycles. The summed E-state index contributed by atoms with van der Waals surface area (Å²) in [7, 11) is 1.89. The van der Waals surface area contributed by atoms with E-state index in [-0.39, 0.29) is 11.8 Å². The Balaban J connectivity index is 1.97. The lowest BCUT2D eigenvalue weighted by Gasteiger charge is -2.27. The number of amides is 1. The number of nitrogens with one attached hydrogen (secondary N) is 1. The molecule has 1 aromatic rings. The number of piperidine rings is 1. The first-order valence-corrected chi connectivity index (χ1v) is 7.79. The Morgan fingerprint density at radius 1 is 1.25 bits per heavy atom. The summed E-state index contributed by atoms with van der Waals surface area (Å²) in [6.07, 6.45) is 5.48. The number of aryl methyl sites for hydroxylation is 1. The van der Waals surface area contributed by atoms with Crippen LogP contribution in [0.5, 0.6) is 0 Å². The molecule has 2 rings (SSSR count). The van der Waals surface area contributed by atoms with Crippen LogP contribution >= 0.6 is 0 Å². The first-order valence-electron chi connectivity index (χ1n) is 7.79. The average molecular weight is 274 g/mol. The molecule has 0 bridgehead atoms. The van der Waals surface area contributed by atoms with Crippen molar-refractivity contribution in [2.75, 3.05) is 25.0 Å². The van der Waals surface area contributed by atoms with E-state index in [9.17, 15) is 4.79 Å². The molecular formula is C17H26N2O. The maximum atomic E-state index is 12.5. The first-order chi connectivity index (χ1) is 9.72. The lowest BCUT2D eigenvalue weighted by Crippen LogP contribution is -2.39. The molecule has 20 heavy (non-hydrogen) atoms. The molecule has 0 spiro atoms. The molecule has 1 N–H and O–H groups in total. The second-order valence-electron chi connectivity index (χ2n) is 5.69. The van der Waals surface area contributed by atoms with Gasteiger partial charge in [0.2, 0.25) is 5.91 Å². The number of hydrogen-bond donors (Lipinski definition) is 1. The summed E-state index contributed by atoms with van der Waals surface area (Å²) >= 11 is 0. The summed E-state index contributed by atoms with van der Waals surface area (Å²) in [6, 6.07) is 8.45. The van der Waals surface area contributed by atoms with E-state index >= 15 is 0 Å². The van der Waals surface area contributed by atoms with Gasteiger partial charge in [0.25, 0.3) is 0 Å². The van der Waals surface area contributed by atoms with Crippen molar-refractivity contribution in [3.63, 3.8) is 0 Å². The van der Waals surface area contributed by atoms with E-state index in [1.165, 1.54) is 18.4 Å². The number of benzene rings is 1. The summed E-state index contributed by atoms with van der Waals surface area (Å²) in [5.41, 5.74) is 2.37. The largest absolute Gasteiger partial charge is 0.317 e. The third-order valence-electron chi connectivity index (χ3n) is 4.16. The topological polar surface area (TPSA) is 32.3 Å². The Labute approximate surface area is 122 Å². The van der Waals surface area contributed by atoms with Gasteiger partial charge in [0.05, 0.1) is 0 Å². The predicted octanol–water partition coefficient (Wildman–Crippen LogP) is 2.99. The minimum Gasteiger partial charge on any atom is -0.317 e. The van der Waals surface area contributed by atoms with Gasteiger partial charge in [-0.15, -0.1) is 0 Å². The monoisotopic (exact) mass is 274 g/mol. The van der Waals surface area contributed by atoms with Crippen molar-refractivity contribution >= 4 is 11.6 Å². The van der Waals surface area contributed by atoms with Gasteiger partial charge in [-0.2, -0.15) is 0 Å². The number of carbonyl (C=O) groups excluding carboxylic acids is 1. The highest BCUT2D eigenvalue weighted by atomic mass is 16.2. The highest BCUT2D eigenvalue weighted by Crippen LogP contribution is 2.20. The lowest BCUT2D eigenvalue weighted by atomic mass is 9.96. The van der Waals surface area contributed by atoms with Crippen molar-refractivity contribution in [3.8, 4) is 0 Å². The highest BCUT2D eigenvalue weighted by molar-refractivity contribution is 5.94. The fourth-order valence-corrected chi connectivity index (χ4v) is 2.74. The molecule has 1 aliphatic heterocycles. The summed E-state index contributed by atoms with van der Waals surface area (Å²) in [6.45, 7) is 4.13. The van der Waals surface area contributed by atoms with Gasteiger partial charge in [0.15, 0.2) is 0 Å². The van der Waals surface area contributed by atoms with Crippen molar-refractivity contribution in [3.05, 3.63) is 29.8 Å². The summed E-state index contributed by atoms with van der Waals surface area (Å²) in [4.78, 5) is 14.3. The number of nitrogens with zero attached hydrogens (tertiary/aromatic N) is 1. The van der Waals surface area contributed by atoms with Crippen molar-refractivity contribution in [1.82, 2.24) is 5.32 Å². The van der Waals surface area contributed by atoms with Gasteiger partial charge >= 0.3 is 0 Å². The summed E-state index contributed by atoms with van der Waals surface area (Å²) < 4.78 is 0. The molecule has 0 unspecified atom stereocenters. The van der Waals surface area contributed by atoms with Crippen LogP contribution in [0.25, 0.3) is 0 Å². The summed E-state index contributed by atoms with van der Waals surface area (Å²) in [5, 5.41) is 3.30. The third kappa shape index (κ3) is 3.83. The quantitative estimate of drug-likeness (QED) is 0.895. The van der Waals surface area contributed by atoms with Crippen LogP contribution in [-0.4, -0.2) is 26.0 Å². The molecule has 3 heteroatoms. The first kappa shape index (κ1) is 15.0. The molecule has 0 radical (unpaired) electrons. The van der Waals surface area contributed by atoms with Crippen molar-refractivity contribution < 1.29 is 4.79 Å². The fourth-order valence-electron chi connectivity index (χ4n) is 2.74. The molecule has 0 atom stereocenters. The number of anilines is 1. The average Bonchev–Trinajstić information content (AvgIpc) is 2.53. The van der Waals surface area contributed by atoms with Crippen LogP contribution in [0, 0.1) is 5.92 Å². The maximum Gasteiger partial charge on any atom is 0.229 e. The number of unbranched alkanes of at least 4 members (excludes halogenated alkanes) is 1. The zero-order valence-corrected chi connectivity index (χ0v) is 12.7. The minimum atomic E-state index is 0.181. The van der Waals surface area contributed by atoms with Gasteiger partial charge in [-0.1, -0.05) is 25.5 Å². The van der Waals surface area contributed by atoms with Gasteiger partial charge in [0.1, 0.15) is 0 Å². The zero-order valence-electron chi connectivity index (χ0n) is 12.7. The van der Waals surface area contributed by atoms with Gasteiger partial charge < -0.3 is 10.2 Å². The normalized spacial score (nSPS) is 16.1. The maximum absolute atomic E-state index is 12.5. The second-order valence-corrected chi connectivity index (χ2v) is 5.69. The lowest BCUT2D eigenvalue weighted by molar-refractivity contribution is -0.122. The van der Waals surface area contributed by atoms with Crippen molar-refractivity contribution in [1.29, 1.82) is 0 Å². The molecule has 0 saturated carbocycles. The van der Waals surface area contributed by atoms with Crippen molar-refractivity contribution in [2.24, 2.45) is 5.92 Å². The summed E-state index contributed by atoms with van der Waals surface area (Å²) in [5.74, 6) is 0.439. The van der Waals surface area contributed by atoms with Crippen LogP contribution in [0.15, 0.2) is 24.3 Å². The van der Waals surface area contributed by atoms with E-state index in [1.807, 2.05) is 11.9 Å². The van der Waals surface area contributed by atoms with Gasteiger partial charge in [-0.05, 0) is 56.5 Å². The number of hydrogen-bond acceptors (Lipinski definition) is 2. The van der Waals surface area contributed by atoms with Crippen molar-refractivity contribution in [2.45, 2.75) is 39.0 Å². The number of rotatable bonds is 5. The molecule has 1 heterocycles. The zero-order chi connectivity index (χ0) is 14.4. The molecule has 110 valence electrons. The van der Waals surface area contributed by atoms with Crippen LogP contribution in [-0.2, 0) is 11.2 Å². The SMILES string of the molecule is CCCCc1ccc(N(C)C(=O)C2CCNCC2)cc1. The standard InChI is InChI=1S/C17H26N2O/c1-3-4-5-14-6-8-16(9-7-14)19(2)17(20)15-10-12-18-13-11-15/h6-9,15,18H,3-5,10-13H2,1-2H3. The number of carbonyl (C=O) groups is 1. The molecule has 1 saturated heterocycles. The van der Waals surface area contributed by atoms with E-state index in [0.29, 0.717) is 0 Å². The molecule has 1 aliphatic rings. The molecule has 1 fully saturated rings. The van der Waals surface area contributed by atoms with E-state index in [0.717, 1.165) is 38.0 Å². The Morgan fingerprint density at radius 2 is 1.90 bits per heavy atom. The molecule has 1 amide bonds.